The Bertz CT molecular complexity index is 873. The Kier molecular flexibility index (Phi) is 22.4. The largest absolute Gasteiger partial charge is 0.606 e. The molecule has 0 aliphatic rings. The summed E-state index contributed by atoms with van der Waals surface area (Å²) in [6.07, 6.45) is 22.1. The lowest BCUT2D eigenvalue weighted by Gasteiger charge is -2.26. The summed E-state index contributed by atoms with van der Waals surface area (Å²) >= 11 is 0. The molecule has 0 aromatic heterocycles. The first kappa shape index (κ1) is 40.3. The van der Waals surface area contributed by atoms with Gasteiger partial charge in [-0.2, -0.15) is 13.9 Å². The van der Waals surface area contributed by atoms with Crippen LogP contribution in [0.1, 0.15) is 114 Å². The van der Waals surface area contributed by atoms with Gasteiger partial charge < -0.3 is 23.6 Å². The first-order valence-electron chi connectivity index (χ1n) is 16.6. The fraction of sp³-hybridized carbons (Fsp3) is 0.735. The standard InChI is InChI=1S/C34H60NO8P/c1-6-7-8-9-10-11-12-13-14-15-16-17-18-19-20-21-27-40-29-33(30-42-44(37,38)41-28-26-35(2,3)4)43-34(36)31-22-24-32(39-5)25-23-31/h21-25,27,33H,6-20,26,28-30H2,1-5H3/p+1/b27-21-/t33-/m1/s1. The number of hydrogen-bond donors (Lipinski definition) is 1. The van der Waals surface area contributed by atoms with Crippen molar-refractivity contribution in [2.75, 3.05) is 54.6 Å². The number of quaternary nitrogens is 1. The molecule has 0 fully saturated rings. The lowest BCUT2D eigenvalue weighted by atomic mass is 10.0. The van der Waals surface area contributed by atoms with E-state index in [4.69, 9.17) is 23.3 Å². The molecule has 44 heavy (non-hydrogen) atoms. The minimum atomic E-state index is -4.33. The topological polar surface area (TPSA) is 107 Å². The van der Waals surface area contributed by atoms with E-state index in [1.54, 1.807) is 37.6 Å². The van der Waals surface area contributed by atoms with Crippen molar-refractivity contribution in [1.82, 2.24) is 0 Å². The molecule has 0 bridgehead atoms. The van der Waals surface area contributed by atoms with Crippen LogP contribution in [-0.2, 0) is 18.5 Å². The molecule has 1 aromatic rings. The SMILES string of the molecule is CCCCCCCCCCCCCCCC/C=C\OC[C@H](CO[P+]([O-])(O)OCC[N+](C)(C)C)OC(=O)c1ccc(OC)cc1. The minimum absolute atomic E-state index is 0.0317. The molecule has 1 unspecified atom stereocenters. The molecule has 0 aliphatic carbocycles. The fourth-order valence-corrected chi connectivity index (χ4v) is 5.20. The molecular formula is C34H61NO8P+. The molecule has 0 heterocycles. The number of methoxy groups -OCH3 is 1. The maximum Gasteiger partial charge on any atom is 0.377 e. The molecule has 0 spiro atoms. The van der Waals surface area contributed by atoms with Crippen LogP contribution in [0.15, 0.2) is 36.6 Å². The molecule has 1 aromatic carbocycles. The van der Waals surface area contributed by atoms with Crippen LogP contribution in [0.2, 0.25) is 0 Å². The molecule has 0 saturated heterocycles. The van der Waals surface area contributed by atoms with Crippen LogP contribution in [0, 0.1) is 0 Å². The second-order valence-corrected chi connectivity index (χ2v) is 13.9. The number of phosphoric ester groups is 1. The molecule has 2 atom stereocenters. The lowest BCUT2D eigenvalue weighted by Crippen LogP contribution is -2.38. The van der Waals surface area contributed by atoms with E-state index >= 15 is 0 Å². The van der Waals surface area contributed by atoms with Crippen molar-refractivity contribution in [3.8, 4) is 5.75 Å². The number of ether oxygens (including phenoxy) is 3. The number of rotatable bonds is 28. The molecular weight excluding hydrogens is 581 g/mol. The van der Waals surface area contributed by atoms with E-state index in [2.05, 4.69) is 6.92 Å². The summed E-state index contributed by atoms with van der Waals surface area (Å²) in [5, 5.41) is 0. The third-order valence-corrected chi connectivity index (χ3v) is 8.22. The number of carbonyl (C=O) groups is 1. The van der Waals surface area contributed by atoms with E-state index in [0.717, 1.165) is 12.8 Å². The van der Waals surface area contributed by atoms with Gasteiger partial charge in [-0.05, 0) is 43.2 Å². The summed E-state index contributed by atoms with van der Waals surface area (Å²) in [4.78, 5) is 35.2. The maximum atomic E-state index is 12.7. The third-order valence-electron chi connectivity index (χ3n) is 7.24. The summed E-state index contributed by atoms with van der Waals surface area (Å²) in [5.74, 6) is 0.0101. The first-order chi connectivity index (χ1) is 21.1. The van der Waals surface area contributed by atoms with Crippen molar-refractivity contribution in [1.29, 1.82) is 0 Å². The van der Waals surface area contributed by atoms with Crippen LogP contribution < -0.4 is 9.63 Å². The summed E-state index contributed by atoms with van der Waals surface area (Å²) < 4.78 is 27.1. The molecule has 10 heteroatoms. The van der Waals surface area contributed by atoms with Crippen LogP contribution in [0.5, 0.6) is 5.75 Å². The minimum Gasteiger partial charge on any atom is -0.606 e. The molecule has 0 saturated carbocycles. The molecule has 0 amide bonds. The van der Waals surface area contributed by atoms with Gasteiger partial charge in [0.2, 0.25) is 0 Å². The summed E-state index contributed by atoms with van der Waals surface area (Å²) in [5.41, 5.74) is 0.315. The normalized spacial score (nSPS) is 14.0. The highest BCUT2D eigenvalue weighted by molar-refractivity contribution is 7.52. The molecule has 254 valence electrons. The zero-order chi connectivity index (χ0) is 32.5. The van der Waals surface area contributed by atoms with E-state index in [1.165, 1.54) is 83.5 Å². The maximum absolute atomic E-state index is 12.7. The Morgan fingerprint density at radius 1 is 0.864 bits per heavy atom. The zero-order valence-corrected chi connectivity index (χ0v) is 29.1. The average molecular weight is 643 g/mol. The van der Waals surface area contributed by atoms with Crippen molar-refractivity contribution in [2.45, 2.75) is 109 Å². The van der Waals surface area contributed by atoms with E-state index in [9.17, 15) is 14.6 Å². The number of unbranched alkanes of at least 4 members (excludes halogenated alkanes) is 14. The average Bonchev–Trinajstić information content (AvgIpc) is 2.98. The van der Waals surface area contributed by atoms with E-state index in [0.29, 0.717) is 22.3 Å². The molecule has 9 nitrogen and oxygen atoms in total. The van der Waals surface area contributed by atoms with Gasteiger partial charge in [0.1, 0.15) is 32.1 Å². The second-order valence-electron chi connectivity index (χ2n) is 12.5. The summed E-state index contributed by atoms with van der Waals surface area (Å²) in [7, 11) is 3.06. The number of esters is 1. The third kappa shape index (κ3) is 22.7. The number of carbonyl (C=O) groups excluding carboxylic acids is 1. The van der Waals surface area contributed by atoms with Crippen molar-refractivity contribution in [2.24, 2.45) is 0 Å². The highest BCUT2D eigenvalue weighted by Gasteiger charge is 2.31. The number of likely N-dealkylation sites (N-methyl/N-ethyl adjacent to an activating group) is 1. The van der Waals surface area contributed by atoms with Crippen LogP contribution in [0.3, 0.4) is 0 Å². The van der Waals surface area contributed by atoms with Gasteiger partial charge in [0, 0.05) is 0 Å². The van der Waals surface area contributed by atoms with Crippen LogP contribution in [0.4, 0.5) is 0 Å². The van der Waals surface area contributed by atoms with Gasteiger partial charge in [0.25, 0.3) is 0 Å². The Hall–Kier alpha value is -1.74. The number of nitrogens with zero attached hydrogens (tertiary/aromatic N) is 1. The van der Waals surface area contributed by atoms with Gasteiger partial charge in [-0.15, -0.1) is 0 Å². The molecule has 0 radical (unpaired) electrons. The highest BCUT2D eigenvalue weighted by atomic mass is 31.2. The van der Waals surface area contributed by atoms with E-state index in [-0.39, 0.29) is 19.8 Å². The van der Waals surface area contributed by atoms with Gasteiger partial charge in [-0.1, -0.05) is 90.4 Å². The smallest absolute Gasteiger partial charge is 0.377 e. The van der Waals surface area contributed by atoms with Gasteiger partial charge in [-0.25, -0.2) is 4.79 Å². The quantitative estimate of drug-likeness (QED) is 0.0332. The van der Waals surface area contributed by atoms with Gasteiger partial charge in [0.05, 0.1) is 40.1 Å². The van der Waals surface area contributed by atoms with Crippen molar-refractivity contribution >= 4 is 14.1 Å². The fourth-order valence-electron chi connectivity index (χ4n) is 4.46. The van der Waals surface area contributed by atoms with Crippen molar-refractivity contribution in [3.05, 3.63) is 42.2 Å². The summed E-state index contributed by atoms with van der Waals surface area (Å²) in [6, 6.07) is 6.48. The van der Waals surface area contributed by atoms with Crippen LogP contribution >= 0.6 is 8.17 Å². The Morgan fingerprint density at radius 3 is 1.93 bits per heavy atom. The van der Waals surface area contributed by atoms with Gasteiger partial charge >= 0.3 is 14.1 Å². The number of phosphoric acid groups is 1. The number of benzene rings is 1. The predicted octanol–water partition coefficient (Wildman–Crippen LogP) is 7.39. The predicted molar refractivity (Wildman–Crippen MR) is 176 cm³/mol. The first-order valence-corrected chi connectivity index (χ1v) is 18.1. The van der Waals surface area contributed by atoms with Crippen LogP contribution in [-0.4, -0.2) is 76.1 Å². The molecule has 0 aliphatic heterocycles. The number of allylic oxidation sites excluding steroid dienone is 1. The lowest BCUT2D eigenvalue weighted by molar-refractivity contribution is -0.870. The highest BCUT2D eigenvalue weighted by Crippen LogP contribution is 2.47. The Morgan fingerprint density at radius 2 is 1.41 bits per heavy atom. The van der Waals surface area contributed by atoms with Gasteiger partial charge in [0.15, 0.2) is 6.10 Å². The van der Waals surface area contributed by atoms with Crippen molar-refractivity contribution in [3.63, 3.8) is 0 Å². The zero-order valence-electron chi connectivity index (χ0n) is 28.2. The van der Waals surface area contributed by atoms with Crippen molar-refractivity contribution < 1.29 is 42.3 Å². The number of hydrogen-bond acceptors (Lipinski definition) is 8. The molecule has 1 rings (SSSR count). The van der Waals surface area contributed by atoms with E-state index in [1.807, 2.05) is 27.2 Å². The van der Waals surface area contributed by atoms with Crippen LogP contribution in [0.25, 0.3) is 0 Å². The molecule has 1 N–H and O–H groups in total. The Labute approximate surface area is 268 Å². The van der Waals surface area contributed by atoms with E-state index < -0.39 is 20.2 Å². The summed E-state index contributed by atoms with van der Waals surface area (Å²) in [6.45, 7) is 2.45. The monoisotopic (exact) mass is 642 g/mol. The Balaban J connectivity index is 2.34. The second kappa shape index (κ2) is 24.5. The van der Waals surface area contributed by atoms with Gasteiger partial charge in [-0.3, -0.25) is 0 Å².